The monoisotopic (exact) mass is 1040 g/mol. The van der Waals surface area contributed by atoms with E-state index >= 15 is 0 Å². The summed E-state index contributed by atoms with van der Waals surface area (Å²) in [6.07, 6.45) is 78.2. The van der Waals surface area contributed by atoms with Gasteiger partial charge in [0.25, 0.3) is 0 Å². The average Bonchev–Trinajstić information content (AvgIpc) is 3.40. The molecule has 0 amide bonds. The summed E-state index contributed by atoms with van der Waals surface area (Å²) in [4.78, 5) is 38.3. The van der Waals surface area contributed by atoms with Gasteiger partial charge in [-0.2, -0.15) is 0 Å². The zero-order chi connectivity index (χ0) is 53.6. The van der Waals surface area contributed by atoms with E-state index in [0.717, 1.165) is 77.0 Å². The Balaban J connectivity index is 4.37. The summed E-state index contributed by atoms with van der Waals surface area (Å²) < 4.78 is 17.0. The molecule has 0 heterocycles. The topological polar surface area (TPSA) is 78.9 Å². The molecule has 0 aliphatic rings. The summed E-state index contributed by atoms with van der Waals surface area (Å²) in [6, 6.07) is 0. The van der Waals surface area contributed by atoms with Gasteiger partial charge in [0.2, 0.25) is 0 Å². The van der Waals surface area contributed by atoms with Crippen LogP contribution in [0.25, 0.3) is 0 Å². The highest BCUT2D eigenvalue weighted by Gasteiger charge is 2.19. The summed E-state index contributed by atoms with van der Waals surface area (Å²) in [5, 5.41) is 0. The van der Waals surface area contributed by atoms with Crippen molar-refractivity contribution in [2.45, 2.75) is 354 Å². The van der Waals surface area contributed by atoms with Crippen molar-refractivity contribution in [3.8, 4) is 0 Å². The van der Waals surface area contributed by atoms with Crippen LogP contribution in [0.15, 0.2) is 48.6 Å². The van der Waals surface area contributed by atoms with Gasteiger partial charge in [0.15, 0.2) is 6.10 Å². The number of hydrogen-bond acceptors (Lipinski definition) is 6. The molecule has 0 N–H and O–H groups in total. The lowest BCUT2D eigenvalue weighted by molar-refractivity contribution is -0.167. The maximum Gasteiger partial charge on any atom is 0.306 e. The van der Waals surface area contributed by atoms with Crippen LogP contribution in [0, 0.1) is 0 Å². The average molecular weight is 1040 g/mol. The summed E-state index contributed by atoms with van der Waals surface area (Å²) in [5.41, 5.74) is 0. The van der Waals surface area contributed by atoms with Crippen molar-refractivity contribution in [2.75, 3.05) is 13.2 Å². The molecule has 0 rings (SSSR count). The van der Waals surface area contributed by atoms with Crippen molar-refractivity contribution >= 4 is 17.9 Å². The Morgan fingerprint density at radius 3 is 0.770 bits per heavy atom. The van der Waals surface area contributed by atoms with Gasteiger partial charge in [0, 0.05) is 19.3 Å². The third-order valence-electron chi connectivity index (χ3n) is 14.6. The Morgan fingerprint density at radius 2 is 0.486 bits per heavy atom. The Kier molecular flexibility index (Phi) is 60.7. The largest absolute Gasteiger partial charge is 0.462 e. The lowest BCUT2D eigenvalue weighted by atomic mass is 10.0. The number of hydrogen-bond donors (Lipinski definition) is 0. The van der Waals surface area contributed by atoms with Gasteiger partial charge in [-0.05, 0) is 83.5 Å². The van der Waals surface area contributed by atoms with Gasteiger partial charge in [0.05, 0.1) is 0 Å². The van der Waals surface area contributed by atoms with Gasteiger partial charge in [0.1, 0.15) is 13.2 Å². The van der Waals surface area contributed by atoms with Gasteiger partial charge in [-0.1, -0.05) is 294 Å². The Hall–Kier alpha value is -2.63. The van der Waals surface area contributed by atoms with Crippen molar-refractivity contribution < 1.29 is 28.6 Å². The lowest BCUT2D eigenvalue weighted by Crippen LogP contribution is -2.30. The highest BCUT2D eigenvalue weighted by molar-refractivity contribution is 5.71. The van der Waals surface area contributed by atoms with Gasteiger partial charge >= 0.3 is 17.9 Å². The molecular weight excluding hydrogens is 913 g/mol. The molecule has 0 aromatic heterocycles. The highest BCUT2D eigenvalue weighted by Crippen LogP contribution is 2.17. The second-order valence-electron chi connectivity index (χ2n) is 22.0. The summed E-state index contributed by atoms with van der Waals surface area (Å²) in [6.45, 7) is 6.67. The Labute approximate surface area is 460 Å². The smallest absolute Gasteiger partial charge is 0.306 e. The SMILES string of the molecule is CCCCCCC/C=C\C/C=C\C/C=C\CCCCCCCCC(=O)OCC(COC(=O)CCCCCCCCCCCCCCCCCCC)OC(=O)CCCCCCCCC/C=C\CCCCCCCCC. The second kappa shape index (κ2) is 62.9. The van der Waals surface area contributed by atoms with E-state index in [-0.39, 0.29) is 31.1 Å². The van der Waals surface area contributed by atoms with Crippen molar-refractivity contribution in [1.29, 1.82) is 0 Å². The van der Waals surface area contributed by atoms with E-state index in [1.54, 1.807) is 0 Å². The molecule has 0 saturated carbocycles. The van der Waals surface area contributed by atoms with Crippen molar-refractivity contribution in [2.24, 2.45) is 0 Å². The fourth-order valence-corrected chi connectivity index (χ4v) is 9.62. The number of esters is 3. The zero-order valence-corrected chi connectivity index (χ0v) is 49.6. The molecule has 0 fully saturated rings. The second-order valence-corrected chi connectivity index (χ2v) is 22.0. The lowest BCUT2D eigenvalue weighted by Gasteiger charge is -2.18. The van der Waals surface area contributed by atoms with E-state index in [1.807, 2.05) is 0 Å². The first kappa shape index (κ1) is 71.4. The zero-order valence-electron chi connectivity index (χ0n) is 49.6. The van der Waals surface area contributed by atoms with E-state index in [4.69, 9.17) is 14.2 Å². The fraction of sp³-hybridized carbons (Fsp3) is 0.838. The molecule has 0 aromatic rings. The summed E-state index contributed by atoms with van der Waals surface area (Å²) in [7, 11) is 0. The Bertz CT molecular complexity index is 1280. The first-order valence-corrected chi connectivity index (χ1v) is 32.6. The van der Waals surface area contributed by atoms with E-state index in [9.17, 15) is 14.4 Å². The minimum atomic E-state index is -0.780. The normalized spacial score (nSPS) is 12.3. The van der Waals surface area contributed by atoms with Crippen LogP contribution in [0.4, 0.5) is 0 Å². The predicted molar refractivity (Wildman–Crippen MR) is 321 cm³/mol. The molecule has 1 unspecified atom stereocenters. The van der Waals surface area contributed by atoms with Crippen LogP contribution in [-0.2, 0) is 28.6 Å². The maximum absolute atomic E-state index is 12.9. The van der Waals surface area contributed by atoms with Gasteiger partial charge in [-0.15, -0.1) is 0 Å². The molecule has 1 atom stereocenters. The van der Waals surface area contributed by atoms with E-state index in [2.05, 4.69) is 69.4 Å². The van der Waals surface area contributed by atoms with Crippen LogP contribution in [0.3, 0.4) is 0 Å². The summed E-state index contributed by atoms with van der Waals surface area (Å²) >= 11 is 0. The van der Waals surface area contributed by atoms with Crippen molar-refractivity contribution in [3.63, 3.8) is 0 Å². The number of carbonyl (C=O) groups excluding carboxylic acids is 3. The van der Waals surface area contributed by atoms with Crippen LogP contribution in [0.2, 0.25) is 0 Å². The first-order valence-electron chi connectivity index (χ1n) is 32.6. The van der Waals surface area contributed by atoms with Crippen LogP contribution in [0.5, 0.6) is 0 Å². The number of unbranched alkanes of at least 4 members (excludes halogenated alkanes) is 41. The number of allylic oxidation sites excluding steroid dienone is 8. The number of carbonyl (C=O) groups is 3. The van der Waals surface area contributed by atoms with Gasteiger partial charge < -0.3 is 14.2 Å². The third-order valence-corrected chi connectivity index (χ3v) is 14.6. The van der Waals surface area contributed by atoms with Crippen LogP contribution >= 0.6 is 0 Å². The van der Waals surface area contributed by atoms with E-state index < -0.39 is 6.10 Å². The molecular formula is C68H124O6. The fourth-order valence-electron chi connectivity index (χ4n) is 9.62. The number of rotatable bonds is 60. The quantitative estimate of drug-likeness (QED) is 0.0261. The summed E-state index contributed by atoms with van der Waals surface area (Å²) in [5.74, 6) is -0.871. The van der Waals surface area contributed by atoms with Crippen molar-refractivity contribution in [3.05, 3.63) is 48.6 Å². The van der Waals surface area contributed by atoms with E-state index in [0.29, 0.717) is 19.3 Å². The van der Waals surface area contributed by atoms with Gasteiger partial charge in [-0.3, -0.25) is 14.4 Å². The highest BCUT2D eigenvalue weighted by atomic mass is 16.6. The molecule has 6 nitrogen and oxygen atoms in total. The molecule has 432 valence electrons. The third kappa shape index (κ3) is 60.2. The molecule has 0 spiro atoms. The van der Waals surface area contributed by atoms with Crippen molar-refractivity contribution in [1.82, 2.24) is 0 Å². The number of ether oxygens (including phenoxy) is 3. The maximum atomic E-state index is 12.9. The van der Waals surface area contributed by atoms with Crippen LogP contribution in [-0.4, -0.2) is 37.2 Å². The predicted octanol–water partition coefficient (Wildman–Crippen LogP) is 22.2. The molecule has 0 bridgehead atoms. The molecule has 74 heavy (non-hydrogen) atoms. The molecule has 0 aliphatic carbocycles. The van der Waals surface area contributed by atoms with Crippen LogP contribution < -0.4 is 0 Å². The first-order chi connectivity index (χ1) is 36.5. The Morgan fingerprint density at radius 1 is 0.270 bits per heavy atom. The van der Waals surface area contributed by atoms with Gasteiger partial charge in [-0.25, -0.2) is 0 Å². The molecule has 0 aliphatic heterocycles. The minimum absolute atomic E-state index is 0.0754. The standard InChI is InChI=1S/C68H124O6/c1-4-7-10-13-16-19-22-25-28-31-33-34-35-38-40-43-46-49-52-55-58-61-67(70)73-64-65(63-72-66(69)60-57-54-51-48-45-42-39-36-30-27-24-21-18-15-12-9-6-3)74-68(71)62-59-56-53-50-47-44-41-37-32-29-26-23-20-17-14-11-8-5-2/h22,25,29,31-33,35,38,65H,4-21,23-24,26-28,30,34,36-37,39-64H2,1-3H3/b25-22-,32-29-,33-31-,38-35-. The minimum Gasteiger partial charge on any atom is -0.462 e. The molecule has 0 saturated heterocycles. The molecule has 0 aromatic carbocycles. The molecule has 6 heteroatoms. The van der Waals surface area contributed by atoms with Crippen LogP contribution in [0.1, 0.15) is 348 Å². The van der Waals surface area contributed by atoms with E-state index in [1.165, 1.54) is 231 Å². The molecule has 0 radical (unpaired) electrons.